The highest BCUT2D eigenvalue weighted by Gasteiger charge is 2.52. The molecule has 162 valence electrons. The first kappa shape index (κ1) is 22.6. The minimum atomic E-state index is 0.389. The van der Waals surface area contributed by atoms with Crippen molar-refractivity contribution in [2.75, 3.05) is 6.54 Å². The van der Waals surface area contributed by atoms with Crippen LogP contribution in [0, 0.1) is 33.2 Å². The summed E-state index contributed by atoms with van der Waals surface area (Å²) in [6, 6.07) is 5.13. The van der Waals surface area contributed by atoms with Crippen molar-refractivity contribution < 1.29 is 5.21 Å². The zero-order valence-electron chi connectivity index (χ0n) is 18.8. The van der Waals surface area contributed by atoms with E-state index in [2.05, 4.69) is 39.9 Å². The number of hydrogen-bond acceptors (Lipinski definition) is 3. The lowest BCUT2D eigenvalue weighted by Gasteiger charge is -2.57. The number of allylic oxidation sites excluding steroid dienone is 2. The lowest BCUT2D eigenvalue weighted by molar-refractivity contribution is -0.000305. The van der Waals surface area contributed by atoms with Crippen LogP contribution in [0.4, 0.5) is 0 Å². The molecule has 1 fully saturated rings. The third kappa shape index (κ3) is 4.49. The predicted molar refractivity (Wildman–Crippen MR) is 123 cm³/mol. The Hall–Kier alpha value is -1.13. The van der Waals surface area contributed by atoms with Crippen molar-refractivity contribution in [1.29, 1.82) is 0 Å². The molecular weight excluding hydrogens is 376 g/mol. The molecule has 3 aliphatic rings. The van der Waals surface area contributed by atoms with Crippen LogP contribution in [-0.4, -0.2) is 16.5 Å². The fourth-order valence-corrected chi connectivity index (χ4v) is 6.69. The Morgan fingerprint density at radius 3 is 2.55 bits per heavy atom. The first-order valence-corrected chi connectivity index (χ1v) is 11.9. The molecule has 1 aromatic rings. The SMILES string of the molecule is CC(C)[C@@H]1CCC2=C(CCC3[C@](C)(CN)CCC[C@]23C)C1.On1ccccc1=S. The number of pyridine rings is 1. The van der Waals surface area contributed by atoms with Crippen molar-refractivity contribution in [2.24, 2.45) is 34.3 Å². The van der Waals surface area contributed by atoms with E-state index in [1.54, 1.807) is 18.2 Å². The molecular formula is C25H40N2OS. The summed E-state index contributed by atoms with van der Waals surface area (Å²) in [5.74, 6) is 2.62. The Balaban J connectivity index is 0.000000252. The van der Waals surface area contributed by atoms with E-state index in [-0.39, 0.29) is 0 Å². The van der Waals surface area contributed by atoms with Crippen molar-refractivity contribution in [1.82, 2.24) is 4.73 Å². The van der Waals surface area contributed by atoms with E-state index < -0.39 is 0 Å². The van der Waals surface area contributed by atoms with Crippen molar-refractivity contribution in [3.63, 3.8) is 0 Å². The largest absolute Gasteiger partial charge is 0.428 e. The molecule has 3 nitrogen and oxygen atoms in total. The van der Waals surface area contributed by atoms with E-state index in [9.17, 15) is 0 Å². The third-order valence-electron chi connectivity index (χ3n) is 8.39. The molecule has 3 aliphatic carbocycles. The molecule has 0 amide bonds. The van der Waals surface area contributed by atoms with E-state index in [4.69, 9.17) is 10.9 Å². The van der Waals surface area contributed by atoms with Gasteiger partial charge in [0.25, 0.3) is 0 Å². The van der Waals surface area contributed by atoms with Gasteiger partial charge in [0.2, 0.25) is 0 Å². The minimum Gasteiger partial charge on any atom is -0.428 e. The first-order chi connectivity index (χ1) is 13.7. The quantitative estimate of drug-likeness (QED) is 0.318. The van der Waals surface area contributed by atoms with Crippen molar-refractivity contribution in [3.8, 4) is 0 Å². The van der Waals surface area contributed by atoms with Crippen molar-refractivity contribution >= 4 is 12.2 Å². The Kier molecular flexibility index (Phi) is 6.95. The Bertz CT molecular complexity index is 798. The van der Waals surface area contributed by atoms with Crippen LogP contribution in [0.2, 0.25) is 0 Å². The van der Waals surface area contributed by atoms with Crippen LogP contribution >= 0.6 is 12.2 Å². The molecule has 3 N–H and O–H groups in total. The summed E-state index contributed by atoms with van der Waals surface area (Å²) in [7, 11) is 0. The Labute approximate surface area is 182 Å². The van der Waals surface area contributed by atoms with E-state index >= 15 is 0 Å². The lowest BCUT2D eigenvalue weighted by atomic mass is 9.48. The molecule has 29 heavy (non-hydrogen) atoms. The molecule has 0 radical (unpaired) electrons. The van der Waals surface area contributed by atoms with Gasteiger partial charge >= 0.3 is 0 Å². The molecule has 1 aromatic heterocycles. The van der Waals surface area contributed by atoms with Gasteiger partial charge in [-0.05, 0) is 92.2 Å². The zero-order valence-corrected chi connectivity index (χ0v) is 19.6. The molecule has 0 aromatic carbocycles. The summed E-state index contributed by atoms with van der Waals surface area (Å²) in [4.78, 5) is 0. The van der Waals surface area contributed by atoms with E-state index in [0.717, 1.165) is 29.0 Å². The molecule has 1 unspecified atom stereocenters. The third-order valence-corrected chi connectivity index (χ3v) is 8.71. The first-order valence-electron chi connectivity index (χ1n) is 11.5. The fraction of sp³-hybridized carbons (Fsp3) is 0.720. The monoisotopic (exact) mass is 416 g/mol. The molecule has 4 heteroatoms. The standard InChI is InChI=1S/C20H35N.C5H5NOS/c1-14(2)15-6-8-17-16(12-15)7-9-18-19(3,13-21)10-5-11-20(17,18)4;7-6-4-2-1-3-5(6)8/h14-15,18H,5-13,21H2,1-4H3;1-4,7H/t15-,18?,19+,20-;/m1./s1. The number of hydrogen-bond donors (Lipinski definition) is 2. The van der Waals surface area contributed by atoms with Gasteiger partial charge in [-0.15, -0.1) is 0 Å². The van der Waals surface area contributed by atoms with Crippen molar-refractivity contribution in [3.05, 3.63) is 40.2 Å². The number of nitrogens with two attached hydrogens (primary N) is 1. The van der Waals surface area contributed by atoms with Gasteiger partial charge in [-0.2, -0.15) is 4.73 Å². The summed E-state index contributed by atoms with van der Waals surface area (Å²) in [5.41, 5.74) is 10.8. The van der Waals surface area contributed by atoms with Crippen LogP contribution in [-0.2, 0) is 0 Å². The van der Waals surface area contributed by atoms with E-state index in [1.807, 2.05) is 11.1 Å². The van der Waals surface area contributed by atoms with Crippen LogP contribution in [0.25, 0.3) is 0 Å². The second-order valence-corrected chi connectivity index (χ2v) is 10.9. The highest BCUT2D eigenvalue weighted by molar-refractivity contribution is 7.71. The van der Waals surface area contributed by atoms with Crippen LogP contribution in [0.1, 0.15) is 79.1 Å². The molecule has 0 aliphatic heterocycles. The maximum atomic E-state index is 8.73. The Morgan fingerprint density at radius 2 is 1.97 bits per heavy atom. The molecule has 1 heterocycles. The smallest absolute Gasteiger partial charge is 0.142 e. The van der Waals surface area contributed by atoms with Crippen LogP contribution in [0.15, 0.2) is 35.5 Å². The average molecular weight is 417 g/mol. The lowest BCUT2D eigenvalue weighted by Crippen LogP contribution is -2.50. The fourth-order valence-electron chi connectivity index (χ4n) is 6.55. The molecule has 1 saturated carbocycles. The highest BCUT2D eigenvalue weighted by atomic mass is 32.1. The minimum absolute atomic E-state index is 0.389. The molecule has 0 bridgehead atoms. The van der Waals surface area contributed by atoms with Crippen LogP contribution in [0.3, 0.4) is 0 Å². The maximum absolute atomic E-state index is 8.73. The van der Waals surface area contributed by atoms with Crippen molar-refractivity contribution in [2.45, 2.75) is 79.1 Å². The second kappa shape index (κ2) is 8.93. The maximum Gasteiger partial charge on any atom is 0.142 e. The summed E-state index contributed by atoms with van der Waals surface area (Å²) >= 11 is 4.67. The summed E-state index contributed by atoms with van der Waals surface area (Å²) < 4.78 is 1.32. The number of rotatable bonds is 2. The van der Waals surface area contributed by atoms with Gasteiger partial charge in [0, 0.05) is 6.20 Å². The van der Waals surface area contributed by atoms with E-state index in [0.29, 0.717) is 15.5 Å². The Morgan fingerprint density at radius 1 is 1.21 bits per heavy atom. The summed E-state index contributed by atoms with van der Waals surface area (Å²) in [6.45, 7) is 10.8. The van der Waals surface area contributed by atoms with E-state index in [1.165, 1.54) is 57.6 Å². The van der Waals surface area contributed by atoms with Crippen LogP contribution in [0.5, 0.6) is 0 Å². The molecule has 0 saturated heterocycles. The predicted octanol–water partition coefficient (Wildman–Crippen LogP) is 6.76. The van der Waals surface area contributed by atoms with Gasteiger partial charge in [0.05, 0.1) is 0 Å². The van der Waals surface area contributed by atoms with Gasteiger partial charge in [0.15, 0.2) is 0 Å². The van der Waals surface area contributed by atoms with Gasteiger partial charge in [-0.1, -0.05) is 63.5 Å². The number of aromatic nitrogens is 1. The molecule has 4 rings (SSSR count). The second-order valence-electron chi connectivity index (χ2n) is 10.4. The topological polar surface area (TPSA) is 51.2 Å². The van der Waals surface area contributed by atoms with Gasteiger partial charge in [-0.3, -0.25) is 0 Å². The zero-order chi connectivity index (χ0) is 21.2. The number of nitrogens with zero attached hydrogens (tertiary/aromatic N) is 1. The highest BCUT2D eigenvalue weighted by Crippen LogP contribution is 2.62. The average Bonchev–Trinajstić information content (AvgIpc) is 2.70. The normalized spacial score (nSPS) is 34.1. The summed E-state index contributed by atoms with van der Waals surface area (Å²) in [6.07, 6.45) is 12.6. The molecule has 0 spiro atoms. The molecule has 4 atom stereocenters. The summed E-state index contributed by atoms with van der Waals surface area (Å²) in [5, 5.41) is 8.73. The van der Waals surface area contributed by atoms with Gasteiger partial charge in [0.1, 0.15) is 4.64 Å². The van der Waals surface area contributed by atoms with Crippen LogP contribution < -0.4 is 5.73 Å². The van der Waals surface area contributed by atoms with Gasteiger partial charge < -0.3 is 10.9 Å². The number of fused-ring (bicyclic) bond motifs is 2. The van der Waals surface area contributed by atoms with Gasteiger partial charge in [-0.25, -0.2) is 0 Å².